The summed E-state index contributed by atoms with van der Waals surface area (Å²) in [5, 5.41) is 3.63. The van der Waals surface area contributed by atoms with Gasteiger partial charge in [0.2, 0.25) is 0 Å². The Bertz CT molecular complexity index is 1350. The van der Waals surface area contributed by atoms with E-state index < -0.39 is 0 Å². The van der Waals surface area contributed by atoms with E-state index in [0.717, 1.165) is 10.8 Å². The summed E-state index contributed by atoms with van der Waals surface area (Å²) in [6.07, 6.45) is 0. The zero-order valence-corrected chi connectivity index (χ0v) is 13.6. The molecule has 0 saturated heterocycles. The Labute approximate surface area is 145 Å². The molecule has 4 aromatic carbocycles. The van der Waals surface area contributed by atoms with Crippen molar-refractivity contribution >= 4 is 67.1 Å². The predicted octanol–water partition coefficient (Wildman–Crippen LogP) is 6.15. The van der Waals surface area contributed by atoms with Crippen LogP contribution in [0.2, 0.25) is 10.0 Å². The van der Waals surface area contributed by atoms with Crippen LogP contribution in [0, 0.1) is 0 Å². The Morgan fingerprint density at radius 1 is 0.667 bits per heavy atom. The first-order valence-electron chi connectivity index (χ1n) is 7.30. The Balaban J connectivity index is 2.12. The van der Waals surface area contributed by atoms with Crippen LogP contribution in [0.15, 0.2) is 62.2 Å². The van der Waals surface area contributed by atoms with Crippen LogP contribution in [0.4, 0.5) is 0 Å². The summed E-state index contributed by atoms with van der Waals surface area (Å²) in [4.78, 5) is 12.6. The van der Waals surface area contributed by atoms with Crippen LogP contribution in [0.3, 0.4) is 0 Å². The molecule has 0 spiro atoms. The summed E-state index contributed by atoms with van der Waals surface area (Å²) >= 11 is 12.4. The fourth-order valence-electron chi connectivity index (χ4n) is 3.16. The van der Waals surface area contributed by atoms with Crippen molar-refractivity contribution in [1.82, 2.24) is 0 Å². The highest BCUT2D eigenvalue weighted by Gasteiger charge is 2.17. The van der Waals surface area contributed by atoms with Gasteiger partial charge in [0.25, 0.3) is 0 Å². The van der Waals surface area contributed by atoms with Crippen LogP contribution in [-0.4, -0.2) is 0 Å². The van der Waals surface area contributed by atoms with E-state index in [-0.39, 0.29) is 5.43 Å². The van der Waals surface area contributed by atoms with Crippen LogP contribution in [0.1, 0.15) is 0 Å². The molecule has 0 aliphatic carbocycles. The van der Waals surface area contributed by atoms with E-state index in [2.05, 4.69) is 0 Å². The molecule has 24 heavy (non-hydrogen) atoms. The van der Waals surface area contributed by atoms with E-state index in [4.69, 9.17) is 32.0 Å². The van der Waals surface area contributed by atoms with Gasteiger partial charge in [0, 0.05) is 16.2 Å². The van der Waals surface area contributed by atoms with Gasteiger partial charge in [0.15, 0.2) is 27.8 Å². The zero-order valence-electron chi connectivity index (χ0n) is 12.1. The molecular formula is C19H8Cl2O3. The molecule has 1 aromatic heterocycles. The van der Waals surface area contributed by atoms with E-state index in [1.807, 2.05) is 24.3 Å². The predicted molar refractivity (Wildman–Crippen MR) is 97.3 cm³/mol. The monoisotopic (exact) mass is 354 g/mol. The first-order valence-corrected chi connectivity index (χ1v) is 8.05. The minimum Gasteiger partial charge on any atom is -0.448 e. The van der Waals surface area contributed by atoms with Gasteiger partial charge in [-0.3, -0.25) is 4.79 Å². The number of benzene rings is 3. The van der Waals surface area contributed by atoms with Crippen LogP contribution in [0.5, 0.6) is 0 Å². The van der Waals surface area contributed by atoms with E-state index in [1.165, 1.54) is 0 Å². The van der Waals surface area contributed by atoms with Gasteiger partial charge >= 0.3 is 0 Å². The zero-order chi connectivity index (χ0) is 16.4. The fourth-order valence-corrected chi connectivity index (χ4v) is 3.54. The SMILES string of the molecule is O=c1c2ccccc2c2c1ccc1oc3c(Cl)ccc(Cl)c3oc12. The third kappa shape index (κ3) is 1.71. The van der Waals surface area contributed by atoms with Crippen LogP contribution >= 0.6 is 23.2 Å². The van der Waals surface area contributed by atoms with Gasteiger partial charge in [-0.2, -0.15) is 0 Å². The van der Waals surface area contributed by atoms with Crippen molar-refractivity contribution in [3.63, 3.8) is 0 Å². The number of fused-ring (bicyclic) bond motifs is 6. The quantitative estimate of drug-likeness (QED) is 0.313. The van der Waals surface area contributed by atoms with Crippen molar-refractivity contribution in [2.45, 2.75) is 0 Å². The number of hydrogen-bond donors (Lipinski definition) is 0. The number of rotatable bonds is 0. The van der Waals surface area contributed by atoms with Gasteiger partial charge in [0.05, 0.1) is 10.0 Å². The summed E-state index contributed by atoms with van der Waals surface area (Å²) in [7, 11) is 0. The molecule has 5 heteroatoms. The summed E-state index contributed by atoms with van der Waals surface area (Å²) in [6, 6.07) is 14.2. The van der Waals surface area contributed by atoms with E-state index in [1.54, 1.807) is 24.3 Å². The molecule has 0 amide bonds. The van der Waals surface area contributed by atoms with Crippen molar-refractivity contribution in [1.29, 1.82) is 0 Å². The first kappa shape index (κ1) is 13.9. The van der Waals surface area contributed by atoms with Crippen molar-refractivity contribution in [3.8, 4) is 0 Å². The molecular weight excluding hydrogens is 347 g/mol. The Morgan fingerprint density at radius 3 is 2.08 bits per heavy atom. The van der Waals surface area contributed by atoms with Crippen molar-refractivity contribution in [2.75, 3.05) is 0 Å². The van der Waals surface area contributed by atoms with Gasteiger partial charge in [0.1, 0.15) is 0 Å². The van der Waals surface area contributed by atoms with Gasteiger partial charge in [-0.1, -0.05) is 47.5 Å². The molecule has 0 atom stereocenters. The number of hydrogen-bond acceptors (Lipinski definition) is 3. The van der Waals surface area contributed by atoms with Crippen LogP contribution in [-0.2, 0) is 0 Å². The van der Waals surface area contributed by atoms with Crippen LogP contribution < -0.4 is 5.43 Å². The Kier molecular flexibility index (Phi) is 2.76. The minimum absolute atomic E-state index is 0.0185. The fraction of sp³-hybridized carbons (Fsp3) is 0. The molecule has 0 bridgehead atoms. The summed E-state index contributed by atoms with van der Waals surface area (Å²) in [5.41, 5.74) is 1.73. The van der Waals surface area contributed by atoms with Gasteiger partial charge in [-0.25, -0.2) is 0 Å². The molecule has 0 aliphatic rings. The van der Waals surface area contributed by atoms with Gasteiger partial charge in [-0.05, 0) is 29.7 Å². The lowest BCUT2D eigenvalue weighted by Crippen LogP contribution is -1.93. The molecule has 5 aromatic rings. The molecule has 3 nitrogen and oxygen atoms in total. The second-order valence-electron chi connectivity index (χ2n) is 5.58. The summed E-state index contributed by atoms with van der Waals surface area (Å²) < 4.78 is 12.0. The topological polar surface area (TPSA) is 43.4 Å². The second-order valence-corrected chi connectivity index (χ2v) is 6.40. The maximum absolute atomic E-state index is 12.6. The summed E-state index contributed by atoms with van der Waals surface area (Å²) in [6.45, 7) is 0. The molecule has 0 fully saturated rings. The van der Waals surface area contributed by atoms with Crippen molar-refractivity contribution in [2.24, 2.45) is 0 Å². The standard InChI is InChI=1S/C19H8Cl2O3/c20-12-6-7-13(21)18-17(12)23-14-8-5-11-15(19(14)24-18)9-3-1-2-4-10(9)16(11)22/h1-8H. The third-order valence-electron chi connectivity index (χ3n) is 4.24. The molecule has 1 heterocycles. The normalized spacial score (nSPS) is 11.9. The molecule has 0 saturated carbocycles. The summed E-state index contributed by atoms with van der Waals surface area (Å²) in [5.74, 6) is 0. The largest absolute Gasteiger partial charge is 0.448 e. The number of halogens is 2. The molecule has 0 aliphatic heterocycles. The smallest absolute Gasteiger partial charge is 0.194 e. The molecule has 5 rings (SSSR count). The first-order chi connectivity index (χ1) is 11.6. The molecule has 116 valence electrons. The van der Waals surface area contributed by atoms with E-state index in [0.29, 0.717) is 43.1 Å². The maximum Gasteiger partial charge on any atom is 0.194 e. The van der Waals surface area contributed by atoms with Crippen LogP contribution in [0.25, 0.3) is 43.9 Å². The maximum atomic E-state index is 12.6. The highest BCUT2D eigenvalue weighted by molar-refractivity contribution is 6.39. The molecule has 0 N–H and O–H groups in total. The second kappa shape index (κ2) is 4.76. The minimum atomic E-state index is -0.0185. The Hall–Kier alpha value is -2.49. The third-order valence-corrected chi connectivity index (χ3v) is 4.83. The highest BCUT2D eigenvalue weighted by Crippen LogP contribution is 2.37. The average molecular weight is 355 g/mol. The molecule has 0 unspecified atom stereocenters. The average Bonchev–Trinajstić information content (AvgIpc) is 2.90. The van der Waals surface area contributed by atoms with E-state index >= 15 is 0 Å². The Morgan fingerprint density at radius 2 is 1.33 bits per heavy atom. The highest BCUT2D eigenvalue weighted by atomic mass is 35.5. The lowest BCUT2D eigenvalue weighted by molar-refractivity contribution is 0.585. The lowest BCUT2D eigenvalue weighted by atomic mass is 10.1. The van der Waals surface area contributed by atoms with Gasteiger partial charge in [-0.15, -0.1) is 0 Å². The molecule has 0 radical (unpaired) electrons. The van der Waals surface area contributed by atoms with Crippen molar-refractivity contribution in [3.05, 3.63) is 68.8 Å². The van der Waals surface area contributed by atoms with E-state index in [9.17, 15) is 4.79 Å². The van der Waals surface area contributed by atoms with Crippen molar-refractivity contribution < 1.29 is 8.83 Å². The lowest BCUT2D eigenvalue weighted by Gasteiger charge is -2.05. The van der Waals surface area contributed by atoms with Gasteiger partial charge < -0.3 is 8.83 Å².